The van der Waals surface area contributed by atoms with Crippen LogP contribution < -0.4 is 5.32 Å². The molecule has 128 valence electrons. The lowest BCUT2D eigenvalue weighted by Crippen LogP contribution is -2.61. The van der Waals surface area contributed by atoms with Crippen LogP contribution in [0.3, 0.4) is 0 Å². The van der Waals surface area contributed by atoms with Crippen LogP contribution in [-0.4, -0.2) is 60.2 Å². The molecule has 2 aliphatic rings. The highest BCUT2D eigenvalue weighted by Gasteiger charge is 2.43. The molecule has 0 aromatic heterocycles. The molecule has 2 fully saturated rings. The van der Waals surface area contributed by atoms with Crippen molar-refractivity contribution in [1.82, 2.24) is 15.1 Å². The van der Waals surface area contributed by atoms with Gasteiger partial charge >= 0.3 is 0 Å². The van der Waals surface area contributed by atoms with Gasteiger partial charge in [-0.2, -0.15) is 0 Å². The van der Waals surface area contributed by atoms with E-state index in [4.69, 9.17) is 11.6 Å². The first-order valence-electron chi connectivity index (χ1n) is 7.97. The molecule has 6 nitrogen and oxygen atoms in total. The third-order valence-electron chi connectivity index (χ3n) is 4.80. The van der Waals surface area contributed by atoms with Crippen LogP contribution in [0.4, 0.5) is 0 Å². The Hall–Kier alpha value is -2.08. The van der Waals surface area contributed by atoms with E-state index in [0.717, 1.165) is 5.56 Å². The monoisotopic (exact) mass is 349 g/mol. The minimum absolute atomic E-state index is 0.00408. The first kappa shape index (κ1) is 16.8. The number of nitrogens with zero attached hydrogens (tertiary/aromatic N) is 2. The molecule has 1 aromatic carbocycles. The van der Waals surface area contributed by atoms with Gasteiger partial charge in [-0.15, -0.1) is 0 Å². The highest BCUT2D eigenvalue weighted by molar-refractivity contribution is 6.31. The highest BCUT2D eigenvalue weighted by Crippen LogP contribution is 2.27. The number of amides is 3. The van der Waals surface area contributed by atoms with Gasteiger partial charge in [-0.3, -0.25) is 14.4 Å². The standard InChI is InChI=1S/C17H20ClN3O3/c1-10-3-4-12(18)6-14(10)17(24)20-8-13(9-20)21-7-11(5-15(21)22)16(23)19-2/h3-4,6,11,13H,5,7-9H2,1-2H3,(H,19,23). The summed E-state index contributed by atoms with van der Waals surface area (Å²) in [7, 11) is 1.58. The summed E-state index contributed by atoms with van der Waals surface area (Å²) in [4.78, 5) is 39.8. The Kier molecular flexibility index (Phi) is 4.49. The average molecular weight is 350 g/mol. The molecule has 0 spiro atoms. The lowest BCUT2D eigenvalue weighted by molar-refractivity contribution is -0.132. The summed E-state index contributed by atoms with van der Waals surface area (Å²) < 4.78 is 0. The van der Waals surface area contributed by atoms with Crippen molar-refractivity contribution in [3.63, 3.8) is 0 Å². The summed E-state index contributed by atoms with van der Waals surface area (Å²) in [5.74, 6) is -0.476. The van der Waals surface area contributed by atoms with E-state index in [1.165, 1.54) is 0 Å². The van der Waals surface area contributed by atoms with E-state index in [1.807, 2.05) is 13.0 Å². The van der Waals surface area contributed by atoms with Gasteiger partial charge in [-0.25, -0.2) is 0 Å². The number of rotatable bonds is 3. The maximum absolute atomic E-state index is 12.6. The molecule has 1 unspecified atom stereocenters. The molecule has 0 bridgehead atoms. The molecule has 2 aliphatic heterocycles. The van der Waals surface area contributed by atoms with E-state index >= 15 is 0 Å². The van der Waals surface area contributed by atoms with Crippen LogP contribution in [0, 0.1) is 12.8 Å². The Balaban J connectivity index is 1.61. The molecule has 1 aromatic rings. The van der Waals surface area contributed by atoms with E-state index in [2.05, 4.69) is 5.32 Å². The van der Waals surface area contributed by atoms with Gasteiger partial charge in [0.15, 0.2) is 0 Å². The summed E-state index contributed by atoms with van der Waals surface area (Å²) in [6.45, 7) is 3.30. The maximum atomic E-state index is 12.6. The number of carbonyl (C=O) groups excluding carboxylic acids is 3. The van der Waals surface area contributed by atoms with Crippen LogP contribution in [0.25, 0.3) is 0 Å². The molecule has 7 heteroatoms. The van der Waals surface area contributed by atoms with E-state index in [9.17, 15) is 14.4 Å². The molecule has 0 saturated carbocycles. The van der Waals surface area contributed by atoms with Gasteiger partial charge in [-0.1, -0.05) is 17.7 Å². The smallest absolute Gasteiger partial charge is 0.254 e. The number of carbonyl (C=O) groups is 3. The van der Waals surface area contributed by atoms with Crippen molar-refractivity contribution in [3.8, 4) is 0 Å². The molecule has 0 radical (unpaired) electrons. The van der Waals surface area contributed by atoms with Gasteiger partial charge in [0.2, 0.25) is 11.8 Å². The average Bonchev–Trinajstić information content (AvgIpc) is 2.89. The fourth-order valence-corrected chi connectivity index (χ4v) is 3.45. The van der Waals surface area contributed by atoms with Gasteiger partial charge in [0.25, 0.3) is 5.91 Å². The molecule has 2 saturated heterocycles. The van der Waals surface area contributed by atoms with Crippen LogP contribution in [0.1, 0.15) is 22.3 Å². The molecule has 3 rings (SSSR count). The highest BCUT2D eigenvalue weighted by atomic mass is 35.5. The minimum Gasteiger partial charge on any atom is -0.359 e. The lowest BCUT2D eigenvalue weighted by Gasteiger charge is -2.44. The summed E-state index contributed by atoms with van der Waals surface area (Å²) in [6.07, 6.45) is 0.248. The van der Waals surface area contributed by atoms with Crippen LogP contribution in [-0.2, 0) is 9.59 Å². The molecule has 24 heavy (non-hydrogen) atoms. The zero-order chi connectivity index (χ0) is 17.4. The zero-order valence-corrected chi connectivity index (χ0v) is 14.5. The van der Waals surface area contributed by atoms with Crippen LogP contribution >= 0.6 is 11.6 Å². The van der Waals surface area contributed by atoms with Gasteiger partial charge in [0.05, 0.1) is 12.0 Å². The SMILES string of the molecule is CNC(=O)C1CC(=O)N(C2CN(C(=O)c3cc(Cl)ccc3C)C2)C1. The molecule has 2 heterocycles. The Bertz CT molecular complexity index is 700. The number of hydrogen-bond acceptors (Lipinski definition) is 3. The van der Waals surface area contributed by atoms with Crippen molar-refractivity contribution in [2.45, 2.75) is 19.4 Å². The number of likely N-dealkylation sites (tertiary alicyclic amines) is 2. The summed E-state index contributed by atoms with van der Waals surface area (Å²) in [5.41, 5.74) is 1.47. The van der Waals surface area contributed by atoms with Crippen molar-refractivity contribution in [1.29, 1.82) is 0 Å². The van der Waals surface area contributed by atoms with E-state index < -0.39 is 0 Å². The number of nitrogens with one attached hydrogen (secondary N) is 1. The molecular weight excluding hydrogens is 330 g/mol. The first-order chi connectivity index (χ1) is 11.4. The quantitative estimate of drug-likeness (QED) is 0.887. The largest absolute Gasteiger partial charge is 0.359 e. The predicted octanol–water partition coefficient (Wildman–Crippen LogP) is 1.07. The summed E-state index contributed by atoms with van der Waals surface area (Å²) in [5, 5.41) is 3.12. The van der Waals surface area contributed by atoms with Crippen molar-refractivity contribution in [2.75, 3.05) is 26.7 Å². The molecule has 1 N–H and O–H groups in total. The van der Waals surface area contributed by atoms with Gasteiger partial charge < -0.3 is 15.1 Å². The van der Waals surface area contributed by atoms with Crippen LogP contribution in [0.15, 0.2) is 18.2 Å². The molecule has 0 aliphatic carbocycles. The van der Waals surface area contributed by atoms with Crippen molar-refractivity contribution >= 4 is 29.3 Å². The van der Waals surface area contributed by atoms with Gasteiger partial charge in [0, 0.05) is 43.7 Å². The number of aryl methyl sites for hydroxylation is 1. The maximum Gasteiger partial charge on any atom is 0.254 e. The van der Waals surface area contributed by atoms with Crippen LogP contribution in [0.2, 0.25) is 5.02 Å². The fraction of sp³-hybridized carbons (Fsp3) is 0.471. The molecule has 1 atom stereocenters. The van der Waals surface area contributed by atoms with Crippen molar-refractivity contribution in [3.05, 3.63) is 34.3 Å². The second-order valence-corrected chi connectivity index (χ2v) is 6.82. The van der Waals surface area contributed by atoms with E-state index in [-0.39, 0.29) is 36.1 Å². The molecule has 3 amide bonds. The second-order valence-electron chi connectivity index (χ2n) is 6.38. The normalized spacial score (nSPS) is 21.0. The second kappa shape index (κ2) is 6.43. The number of halogens is 1. The third kappa shape index (κ3) is 2.98. The van der Waals surface area contributed by atoms with Gasteiger partial charge in [-0.05, 0) is 24.6 Å². The van der Waals surface area contributed by atoms with Gasteiger partial charge in [0.1, 0.15) is 0 Å². The summed E-state index contributed by atoms with van der Waals surface area (Å²) in [6, 6.07) is 5.25. The summed E-state index contributed by atoms with van der Waals surface area (Å²) >= 11 is 5.98. The minimum atomic E-state index is -0.289. The van der Waals surface area contributed by atoms with Crippen molar-refractivity contribution in [2.24, 2.45) is 5.92 Å². The molecular formula is C17H20ClN3O3. The predicted molar refractivity (Wildman–Crippen MR) is 89.8 cm³/mol. The van der Waals surface area contributed by atoms with Crippen LogP contribution in [0.5, 0.6) is 0 Å². The lowest BCUT2D eigenvalue weighted by atomic mass is 10.0. The topological polar surface area (TPSA) is 69.7 Å². The first-order valence-corrected chi connectivity index (χ1v) is 8.35. The number of hydrogen-bond donors (Lipinski definition) is 1. The Morgan fingerprint density at radius 2 is 1.96 bits per heavy atom. The Morgan fingerprint density at radius 3 is 2.62 bits per heavy atom. The van der Waals surface area contributed by atoms with Crippen molar-refractivity contribution < 1.29 is 14.4 Å². The third-order valence-corrected chi connectivity index (χ3v) is 5.03. The zero-order valence-electron chi connectivity index (χ0n) is 13.7. The Labute approximate surface area is 145 Å². The Morgan fingerprint density at radius 1 is 1.25 bits per heavy atom. The van der Waals surface area contributed by atoms with E-state index in [1.54, 1.807) is 29.0 Å². The fourth-order valence-electron chi connectivity index (χ4n) is 3.28. The number of benzene rings is 1. The van der Waals surface area contributed by atoms with E-state index in [0.29, 0.717) is 30.2 Å².